The van der Waals surface area contributed by atoms with Gasteiger partial charge in [-0.3, -0.25) is 4.79 Å². The van der Waals surface area contributed by atoms with Gasteiger partial charge in [0, 0.05) is 12.5 Å². The Bertz CT molecular complexity index is 628. The molecule has 1 atom stereocenters. The quantitative estimate of drug-likeness (QED) is 0.402. The van der Waals surface area contributed by atoms with Gasteiger partial charge in [-0.2, -0.15) is 0 Å². The van der Waals surface area contributed by atoms with Crippen molar-refractivity contribution < 1.29 is 23.1 Å². The number of rotatable bonds is 13. The molecule has 1 unspecified atom stereocenters. The van der Waals surface area contributed by atoms with Crippen molar-refractivity contribution >= 4 is 16.0 Å². The third-order valence-corrected chi connectivity index (χ3v) is 5.82. The highest BCUT2D eigenvalue weighted by Gasteiger charge is 2.19. The van der Waals surface area contributed by atoms with Crippen LogP contribution in [0.5, 0.6) is 0 Å². The molecule has 0 spiro atoms. The van der Waals surface area contributed by atoms with Crippen molar-refractivity contribution in [2.75, 3.05) is 13.7 Å². The summed E-state index contributed by atoms with van der Waals surface area (Å²) in [7, 11) is -2.21. The molecule has 0 heterocycles. The Morgan fingerprint density at radius 3 is 2.23 bits per heavy atom. The fraction of sp³-hybridized carbons (Fsp3) is 0.632. The van der Waals surface area contributed by atoms with Crippen LogP contribution >= 0.6 is 0 Å². The zero-order valence-electron chi connectivity index (χ0n) is 15.7. The Labute approximate surface area is 157 Å². The maximum absolute atomic E-state index is 12.3. The molecular weight excluding hydrogens is 354 g/mol. The number of methoxy groups -OCH3 is 1. The molecule has 1 aromatic carbocycles. The highest BCUT2D eigenvalue weighted by molar-refractivity contribution is 7.89. The number of hydrogen-bond acceptors (Lipinski definition) is 5. The number of carbonyl (C=O) groups excluding carboxylic acids is 1. The van der Waals surface area contributed by atoms with Crippen LogP contribution in [0.15, 0.2) is 29.2 Å². The van der Waals surface area contributed by atoms with Gasteiger partial charge in [-0.25, -0.2) is 13.1 Å². The first kappa shape index (κ1) is 22.6. The normalized spacial score (nSPS) is 12.7. The predicted octanol–water partition coefficient (Wildman–Crippen LogP) is 2.93. The molecule has 0 aliphatic carbocycles. The topological polar surface area (TPSA) is 92.7 Å². The van der Waals surface area contributed by atoms with Crippen molar-refractivity contribution in [1.82, 2.24) is 4.72 Å². The molecule has 0 bridgehead atoms. The molecule has 0 amide bonds. The zero-order valence-corrected chi connectivity index (χ0v) is 16.6. The molecule has 0 fully saturated rings. The minimum atomic E-state index is -3.61. The first-order valence-electron chi connectivity index (χ1n) is 9.15. The Morgan fingerprint density at radius 2 is 1.65 bits per heavy atom. The molecule has 0 aliphatic heterocycles. The number of sulfonamides is 1. The largest absolute Gasteiger partial charge is 0.469 e. The van der Waals surface area contributed by atoms with Crippen molar-refractivity contribution in [1.29, 1.82) is 0 Å². The van der Waals surface area contributed by atoms with E-state index in [1.165, 1.54) is 7.11 Å². The monoisotopic (exact) mass is 385 g/mol. The zero-order chi connectivity index (χ0) is 19.4. The Morgan fingerprint density at radius 1 is 1.08 bits per heavy atom. The fourth-order valence-electron chi connectivity index (χ4n) is 2.66. The number of benzene rings is 1. The highest BCUT2D eigenvalue weighted by Crippen LogP contribution is 2.14. The molecule has 0 radical (unpaired) electrons. The lowest BCUT2D eigenvalue weighted by Gasteiger charge is -2.16. The lowest BCUT2D eigenvalue weighted by atomic mass is 10.1. The minimum Gasteiger partial charge on any atom is -0.469 e. The van der Waals surface area contributed by atoms with Gasteiger partial charge >= 0.3 is 5.97 Å². The van der Waals surface area contributed by atoms with E-state index in [9.17, 15) is 18.3 Å². The van der Waals surface area contributed by atoms with Crippen LogP contribution < -0.4 is 4.72 Å². The van der Waals surface area contributed by atoms with E-state index in [1.807, 2.05) is 6.92 Å². The van der Waals surface area contributed by atoms with E-state index in [0.717, 1.165) is 44.1 Å². The van der Waals surface area contributed by atoms with Crippen LogP contribution in [0.2, 0.25) is 0 Å². The summed E-state index contributed by atoms with van der Waals surface area (Å²) in [5.74, 6) is -0.170. The average molecular weight is 386 g/mol. The average Bonchev–Trinajstić information content (AvgIpc) is 2.62. The second-order valence-electron chi connectivity index (χ2n) is 6.55. The molecule has 2 N–H and O–H groups in total. The number of hydrogen-bond donors (Lipinski definition) is 2. The van der Waals surface area contributed by atoms with Gasteiger partial charge in [0.25, 0.3) is 0 Å². The van der Waals surface area contributed by atoms with Crippen molar-refractivity contribution in [3.63, 3.8) is 0 Å². The van der Waals surface area contributed by atoms with E-state index < -0.39 is 16.1 Å². The molecule has 6 nitrogen and oxygen atoms in total. The molecule has 26 heavy (non-hydrogen) atoms. The van der Waals surface area contributed by atoms with Crippen LogP contribution in [0, 0.1) is 6.92 Å². The fourth-order valence-corrected chi connectivity index (χ4v) is 3.92. The van der Waals surface area contributed by atoms with Crippen LogP contribution in [0.4, 0.5) is 0 Å². The van der Waals surface area contributed by atoms with Gasteiger partial charge in [0.15, 0.2) is 0 Å². The van der Waals surface area contributed by atoms with Gasteiger partial charge < -0.3 is 9.84 Å². The van der Waals surface area contributed by atoms with Crippen molar-refractivity contribution in [2.45, 2.75) is 69.2 Å². The molecule has 7 heteroatoms. The smallest absolute Gasteiger partial charge is 0.305 e. The summed E-state index contributed by atoms with van der Waals surface area (Å²) in [5.41, 5.74) is 0.995. The van der Waals surface area contributed by atoms with Crippen LogP contribution in [-0.2, 0) is 19.6 Å². The third kappa shape index (κ3) is 8.78. The second-order valence-corrected chi connectivity index (χ2v) is 8.26. The van der Waals surface area contributed by atoms with Gasteiger partial charge in [-0.1, -0.05) is 49.8 Å². The van der Waals surface area contributed by atoms with Gasteiger partial charge in [0.2, 0.25) is 10.0 Å². The molecule has 0 saturated heterocycles. The molecule has 0 aromatic heterocycles. The van der Waals surface area contributed by atoms with Crippen molar-refractivity contribution in [2.24, 2.45) is 0 Å². The summed E-state index contributed by atoms with van der Waals surface area (Å²) in [6.45, 7) is 1.68. The number of ether oxygens (including phenoxy) is 1. The summed E-state index contributed by atoms with van der Waals surface area (Å²) < 4.78 is 31.9. The maximum Gasteiger partial charge on any atom is 0.305 e. The van der Waals surface area contributed by atoms with Gasteiger partial charge in [0.1, 0.15) is 0 Å². The van der Waals surface area contributed by atoms with Crippen LogP contribution in [-0.4, -0.2) is 39.3 Å². The van der Waals surface area contributed by atoms with Gasteiger partial charge in [0.05, 0.1) is 18.6 Å². The summed E-state index contributed by atoms with van der Waals surface area (Å²) >= 11 is 0. The van der Waals surface area contributed by atoms with E-state index in [4.69, 9.17) is 0 Å². The number of aliphatic hydroxyl groups is 1. The lowest BCUT2D eigenvalue weighted by molar-refractivity contribution is -0.140. The number of esters is 1. The lowest BCUT2D eigenvalue weighted by Crippen LogP contribution is -2.37. The molecule has 0 aliphatic rings. The van der Waals surface area contributed by atoms with E-state index in [-0.39, 0.29) is 17.5 Å². The molecular formula is C19H31NO5S. The van der Waals surface area contributed by atoms with E-state index >= 15 is 0 Å². The maximum atomic E-state index is 12.3. The number of carbonyl (C=O) groups is 1. The number of aliphatic hydroxyl groups excluding tert-OH is 1. The first-order chi connectivity index (χ1) is 12.4. The summed E-state index contributed by atoms with van der Waals surface area (Å²) in [4.78, 5) is 11.2. The molecule has 0 saturated carbocycles. The van der Waals surface area contributed by atoms with Gasteiger partial charge in [-0.15, -0.1) is 0 Å². The summed E-state index contributed by atoms with van der Waals surface area (Å²) in [6, 6.07) is 6.17. The van der Waals surface area contributed by atoms with E-state index in [0.29, 0.717) is 12.8 Å². The van der Waals surface area contributed by atoms with Crippen LogP contribution in [0.3, 0.4) is 0 Å². The molecule has 1 rings (SSSR count). The van der Waals surface area contributed by atoms with Crippen molar-refractivity contribution in [3.8, 4) is 0 Å². The highest BCUT2D eigenvalue weighted by atomic mass is 32.2. The third-order valence-electron chi connectivity index (χ3n) is 4.28. The van der Waals surface area contributed by atoms with Crippen LogP contribution in [0.1, 0.15) is 56.9 Å². The molecule has 148 valence electrons. The Kier molecular flexibility index (Phi) is 10.5. The van der Waals surface area contributed by atoms with E-state index in [2.05, 4.69) is 9.46 Å². The Hall–Kier alpha value is -1.44. The standard InChI is InChI=1S/C19H31NO5S/c1-16-11-13-18(14-12-16)26(23,24)20-17(15-21)9-7-5-3-4-6-8-10-19(22)25-2/h11-14,17,20-21H,3-10,15H2,1-2H3. The number of aryl methyl sites for hydroxylation is 1. The summed E-state index contributed by atoms with van der Waals surface area (Å²) in [5, 5.41) is 9.46. The minimum absolute atomic E-state index is 0.170. The van der Waals surface area contributed by atoms with E-state index in [1.54, 1.807) is 24.3 Å². The number of nitrogens with one attached hydrogen (secondary N) is 1. The SMILES string of the molecule is COC(=O)CCCCCCCCC(CO)NS(=O)(=O)c1ccc(C)cc1. The Balaban J connectivity index is 2.26. The molecule has 1 aromatic rings. The number of unbranched alkanes of at least 4 members (excludes halogenated alkanes) is 5. The predicted molar refractivity (Wildman–Crippen MR) is 101 cm³/mol. The first-order valence-corrected chi connectivity index (χ1v) is 10.6. The van der Waals surface area contributed by atoms with Crippen LogP contribution in [0.25, 0.3) is 0 Å². The summed E-state index contributed by atoms with van der Waals surface area (Å²) in [6.07, 6.45) is 6.77. The second kappa shape index (κ2) is 12.0. The van der Waals surface area contributed by atoms with Crippen molar-refractivity contribution in [3.05, 3.63) is 29.8 Å². The van der Waals surface area contributed by atoms with Gasteiger partial charge in [-0.05, 0) is 31.9 Å².